The van der Waals surface area contributed by atoms with Crippen molar-refractivity contribution < 1.29 is 4.79 Å². The van der Waals surface area contributed by atoms with Crippen molar-refractivity contribution in [3.8, 4) is 0 Å². The van der Waals surface area contributed by atoms with Crippen molar-refractivity contribution >= 4 is 17.4 Å². The van der Waals surface area contributed by atoms with Crippen LogP contribution >= 0.6 is 11.3 Å². The molecule has 0 saturated heterocycles. The summed E-state index contributed by atoms with van der Waals surface area (Å²) in [6.07, 6.45) is 3.68. The van der Waals surface area contributed by atoms with Gasteiger partial charge >= 0.3 is 6.03 Å². The van der Waals surface area contributed by atoms with Crippen LogP contribution in [0.2, 0.25) is 0 Å². The van der Waals surface area contributed by atoms with Crippen molar-refractivity contribution in [2.75, 3.05) is 7.05 Å². The Balaban J connectivity index is 1.90. The van der Waals surface area contributed by atoms with Crippen molar-refractivity contribution in [2.24, 2.45) is 7.05 Å². The van der Waals surface area contributed by atoms with E-state index in [0.717, 1.165) is 15.6 Å². The fourth-order valence-corrected chi connectivity index (χ4v) is 2.57. The molecule has 108 valence electrons. The molecule has 1 atom stereocenters. The minimum absolute atomic E-state index is 0.0904. The summed E-state index contributed by atoms with van der Waals surface area (Å²) in [7, 11) is 3.61. The molecule has 0 spiro atoms. The van der Waals surface area contributed by atoms with Gasteiger partial charge in [-0.05, 0) is 19.9 Å². The van der Waals surface area contributed by atoms with Gasteiger partial charge < -0.3 is 10.2 Å². The number of urea groups is 1. The van der Waals surface area contributed by atoms with E-state index in [9.17, 15) is 4.79 Å². The molecule has 0 aliphatic rings. The van der Waals surface area contributed by atoms with Crippen molar-refractivity contribution in [1.82, 2.24) is 25.0 Å². The minimum Gasteiger partial charge on any atom is -0.329 e. The zero-order chi connectivity index (χ0) is 14.7. The molecule has 0 bridgehead atoms. The number of nitrogens with one attached hydrogen (secondary N) is 1. The highest BCUT2D eigenvalue weighted by molar-refractivity contribution is 7.11. The second-order valence-corrected chi connectivity index (χ2v) is 6.08. The summed E-state index contributed by atoms with van der Waals surface area (Å²) >= 11 is 1.60. The summed E-state index contributed by atoms with van der Waals surface area (Å²) in [6.45, 7) is 4.42. The van der Waals surface area contributed by atoms with Crippen LogP contribution in [0, 0.1) is 6.92 Å². The molecule has 20 heavy (non-hydrogen) atoms. The van der Waals surface area contributed by atoms with Crippen LogP contribution in [0.5, 0.6) is 0 Å². The first-order valence-electron chi connectivity index (χ1n) is 6.38. The molecule has 0 unspecified atom stereocenters. The maximum Gasteiger partial charge on any atom is 0.318 e. The Morgan fingerprint density at radius 1 is 1.60 bits per heavy atom. The minimum atomic E-state index is -0.129. The Labute approximate surface area is 122 Å². The van der Waals surface area contributed by atoms with Gasteiger partial charge in [-0.1, -0.05) is 0 Å². The van der Waals surface area contributed by atoms with E-state index in [1.165, 1.54) is 0 Å². The average Bonchev–Trinajstić information content (AvgIpc) is 2.98. The van der Waals surface area contributed by atoms with Crippen LogP contribution in [0.1, 0.15) is 28.5 Å². The Kier molecular flexibility index (Phi) is 4.39. The van der Waals surface area contributed by atoms with E-state index in [1.807, 2.05) is 39.4 Å². The van der Waals surface area contributed by atoms with Crippen LogP contribution in [0.25, 0.3) is 0 Å². The van der Waals surface area contributed by atoms with Crippen molar-refractivity contribution in [2.45, 2.75) is 26.4 Å². The third kappa shape index (κ3) is 3.57. The topological polar surface area (TPSA) is 63.1 Å². The molecule has 0 aliphatic carbocycles. The van der Waals surface area contributed by atoms with Gasteiger partial charge in [-0.15, -0.1) is 11.3 Å². The molecule has 0 aromatic carbocycles. The predicted octanol–water partition coefficient (Wildman–Crippen LogP) is 2.09. The number of hydrogen-bond donors (Lipinski definition) is 1. The Morgan fingerprint density at radius 3 is 2.90 bits per heavy atom. The summed E-state index contributed by atoms with van der Waals surface area (Å²) in [5.41, 5.74) is 0.864. The number of carbonyl (C=O) groups excluding carboxylic acids is 1. The first-order chi connectivity index (χ1) is 9.45. The number of thiazole rings is 1. The molecular formula is C13H19N5OS. The standard InChI is InChI=1S/C13H19N5OS/c1-9-7-14-12(20-9)10(2)15-13(19)17(3)8-11-5-6-18(4)16-11/h5-7,10H,8H2,1-4H3,(H,15,19)/t10-/m0/s1. The molecule has 6 nitrogen and oxygen atoms in total. The molecule has 0 saturated carbocycles. The zero-order valence-corrected chi connectivity index (χ0v) is 12.9. The van der Waals surface area contributed by atoms with Gasteiger partial charge in [-0.3, -0.25) is 4.68 Å². The summed E-state index contributed by atoms with van der Waals surface area (Å²) in [5.74, 6) is 0. The van der Waals surface area contributed by atoms with Crippen molar-refractivity contribution in [3.05, 3.63) is 34.0 Å². The van der Waals surface area contributed by atoms with Gasteiger partial charge in [-0.25, -0.2) is 9.78 Å². The highest BCUT2D eigenvalue weighted by Crippen LogP contribution is 2.19. The van der Waals surface area contributed by atoms with Crippen LogP contribution in [0.3, 0.4) is 0 Å². The third-order valence-corrected chi connectivity index (χ3v) is 3.96. The van der Waals surface area contributed by atoms with Gasteiger partial charge in [-0.2, -0.15) is 5.10 Å². The number of hydrogen-bond acceptors (Lipinski definition) is 4. The summed E-state index contributed by atoms with van der Waals surface area (Å²) in [4.78, 5) is 19.1. The first-order valence-corrected chi connectivity index (χ1v) is 7.20. The number of amides is 2. The molecule has 2 aromatic heterocycles. The summed E-state index contributed by atoms with van der Waals surface area (Å²) in [5, 5.41) is 8.11. The van der Waals surface area contributed by atoms with Crippen molar-refractivity contribution in [1.29, 1.82) is 0 Å². The second-order valence-electron chi connectivity index (χ2n) is 4.82. The van der Waals surface area contributed by atoms with Gasteiger partial charge in [0.2, 0.25) is 0 Å². The van der Waals surface area contributed by atoms with Crippen LogP contribution < -0.4 is 5.32 Å². The quantitative estimate of drug-likeness (QED) is 0.939. The highest BCUT2D eigenvalue weighted by atomic mass is 32.1. The molecular weight excluding hydrogens is 274 g/mol. The SMILES string of the molecule is Cc1cnc([C@H](C)NC(=O)N(C)Cc2ccn(C)n2)s1. The average molecular weight is 293 g/mol. The van der Waals surface area contributed by atoms with Crippen LogP contribution in [0.15, 0.2) is 18.5 Å². The molecule has 2 heterocycles. The van der Waals surface area contributed by atoms with E-state index in [4.69, 9.17) is 0 Å². The fourth-order valence-electron chi connectivity index (χ4n) is 1.79. The van der Waals surface area contributed by atoms with Gasteiger partial charge in [0.05, 0.1) is 18.3 Å². The number of carbonyl (C=O) groups is 1. The molecule has 0 fully saturated rings. The summed E-state index contributed by atoms with van der Waals surface area (Å²) in [6, 6.07) is 1.68. The van der Waals surface area contributed by atoms with Gasteiger partial charge in [0, 0.05) is 31.4 Å². The Hall–Kier alpha value is -1.89. The monoisotopic (exact) mass is 293 g/mol. The van der Waals surface area contributed by atoms with E-state index >= 15 is 0 Å². The maximum atomic E-state index is 12.1. The second kappa shape index (κ2) is 6.04. The Morgan fingerprint density at radius 2 is 2.35 bits per heavy atom. The summed E-state index contributed by atoms with van der Waals surface area (Å²) < 4.78 is 1.72. The van der Waals surface area contributed by atoms with Crippen LogP contribution in [-0.2, 0) is 13.6 Å². The van der Waals surface area contributed by atoms with E-state index in [-0.39, 0.29) is 12.1 Å². The molecule has 0 aliphatic heterocycles. The first kappa shape index (κ1) is 14.5. The van der Waals surface area contributed by atoms with Crippen molar-refractivity contribution in [3.63, 3.8) is 0 Å². The predicted molar refractivity (Wildman–Crippen MR) is 78.5 cm³/mol. The normalized spacial score (nSPS) is 12.2. The van der Waals surface area contributed by atoms with E-state index < -0.39 is 0 Å². The van der Waals surface area contributed by atoms with Crippen LogP contribution in [-0.4, -0.2) is 32.7 Å². The number of rotatable bonds is 4. The fraction of sp³-hybridized carbons (Fsp3) is 0.462. The maximum absolute atomic E-state index is 12.1. The lowest BCUT2D eigenvalue weighted by molar-refractivity contribution is 0.203. The molecule has 1 N–H and O–H groups in total. The number of nitrogens with zero attached hydrogens (tertiary/aromatic N) is 4. The Bertz CT molecular complexity index is 591. The molecule has 7 heteroatoms. The lowest BCUT2D eigenvalue weighted by atomic mass is 10.3. The van der Waals surface area contributed by atoms with Crippen LogP contribution in [0.4, 0.5) is 4.79 Å². The molecule has 2 aromatic rings. The number of aromatic nitrogens is 3. The highest BCUT2D eigenvalue weighted by Gasteiger charge is 2.16. The van der Waals surface area contributed by atoms with E-state index in [0.29, 0.717) is 6.54 Å². The van der Waals surface area contributed by atoms with Gasteiger partial charge in [0.15, 0.2) is 0 Å². The largest absolute Gasteiger partial charge is 0.329 e. The lowest BCUT2D eigenvalue weighted by Crippen LogP contribution is -2.38. The molecule has 2 amide bonds. The molecule has 2 rings (SSSR count). The van der Waals surface area contributed by atoms with E-state index in [1.54, 1.807) is 28.0 Å². The lowest BCUT2D eigenvalue weighted by Gasteiger charge is -2.19. The third-order valence-electron chi connectivity index (χ3n) is 2.86. The van der Waals surface area contributed by atoms with Gasteiger partial charge in [0.25, 0.3) is 0 Å². The molecule has 0 radical (unpaired) electrons. The number of aryl methyl sites for hydroxylation is 2. The van der Waals surface area contributed by atoms with Gasteiger partial charge in [0.1, 0.15) is 5.01 Å². The zero-order valence-electron chi connectivity index (χ0n) is 12.1. The van der Waals surface area contributed by atoms with E-state index in [2.05, 4.69) is 15.4 Å². The smallest absolute Gasteiger partial charge is 0.318 e.